The highest BCUT2D eigenvalue weighted by Crippen LogP contribution is 2.34. The average Bonchev–Trinajstić information content (AvgIpc) is 3.32. The van der Waals surface area contributed by atoms with E-state index < -0.39 is 0 Å². The second-order valence-corrected chi connectivity index (χ2v) is 9.39. The number of nitrogens with zero attached hydrogens (tertiary/aromatic N) is 6. The van der Waals surface area contributed by atoms with Crippen LogP contribution < -0.4 is 10.1 Å². The van der Waals surface area contributed by atoms with Crippen molar-refractivity contribution in [2.75, 3.05) is 18.4 Å². The monoisotopic (exact) mass is 471 g/mol. The van der Waals surface area contributed by atoms with Crippen molar-refractivity contribution in [3.8, 4) is 17.7 Å². The molecule has 4 aromatic rings. The summed E-state index contributed by atoms with van der Waals surface area (Å²) in [5.74, 6) is 1.69. The van der Waals surface area contributed by atoms with Crippen LogP contribution in [0.1, 0.15) is 35.1 Å². The maximum absolute atomic E-state index is 9.23. The maximum Gasteiger partial charge on any atom is 0.252 e. The summed E-state index contributed by atoms with van der Waals surface area (Å²) < 4.78 is 6.25. The molecular formula is C25H25N7OS. The Kier molecular flexibility index (Phi) is 6.34. The van der Waals surface area contributed by atoms with Crippen molar-refractivity contribution in [1.82, 2.24) is 24.8 Å². The van der Waals surface area contributed by atoms with Crippen LogP contribution in [0.15, 0.2) is 42.2 Å². The average molecular weight is 472 g/mol. The zero-order chi connectivity index (χ0) is 23.5. The summed E-state index contributed by atoms with van der Waals surface area (Å²) in [4.78, 5) is 21.1. The van der Waals surface area contributed by atoms with Crippen molar-refractivity contribution in [2.45, 2.75) is 39.3 Å². The van der Waals surface area contributed by atoms with E-state index in [2.05, 4.69) is 48.4 Å². The first-order chi connectivity index (χ1) is 16.6. The van der Waals surface area contributed by atoms with Gasteiger partial charge in [-0.3, -0.25) is 9.88 Å². The Hall–Kier alpha value is -3.61. The molecule has 0 atom stereocenters. The fraction of sp³-hybridized carbons (Fsp3) is 0.320. The van der Waals surface area contributed by atoms with Gasteiger partial charge in [0.25, 0.3) is 5.88 Å². The Morgan fingerprint density at radius 2 is 1.88 bits per heavy atom. The summed E-state index contributed by atoms with van der Waals surface area (Å²) in [6.45, 7) is 6.83. The lowest BCUT2D eigenvalue weighted by Crippen LogP contribution is -2.39. The van der Waals surface area contributed by atoms with Crippen LogP contribution in [0.5, 0.6) is 11.6 Å². The van der Waals surface area contributed by atoms with Crippen molar-refractivity contribution in [1.29, 1.82) is 5.26 Å². The van der Waals surface area contributed by atoms with E-state index in [0.717, 1.165) is 48.4 Å². The van der Waals surface area contributed by atoms with Gasteiger partial charge in [-0.25, -0.2) is 4.98 Å². The molecule has 0 saturated carbocycles. The van der Waals surface area contributed by atoms with E-state index in [4.69, 9.17) is 4.74 Å². The molecule has 5 rings (SSSR count). The van der Waals surface area contributed by atoms with Gasteiger partial charge in [-0.15, -0.1) is 11.3 Å². The molecule has 172 valence electrons. The summed E-state index contributed by atoms with van der Waals surface area (Å²) >= 11 is 1.47. The van der Waals surface area contributed by atoms with Gasteiger partial charge in [-0.1, -0.05) is 0 Å². The fourth-order valence-corrected chi connectivity index (χ4v) is 4.96. The summed E-state index contributed by atoms with van der Waals surface area (Å²) in [6.07, 6.45) is 5.71. The van der Waals surface area contributed by atoms with E-state index in [1.165, 1.54) is 16.9 Å². The largest absolute Gasteiger partial charge is 0.436 e. The fourth-order valence-electron chi connectivity index (χ4n) is 4.31. The van der Waals surface area contributed by atoms with Crippen LogP contribution in [-0.4, -0.2) is 44.0 Å². The van der Waals surface area contributed by atoms with Crippen LogP contribution in [0.3, 0.4) is 0 Å². The molecule has 0 amide bonds. The second kappa shape index (κ2) is 9.71. The Balaban J connectivity index is 1.31. The summed E-state index contributed by atoms with van der Waals surface area (Å²) in [7, 11) is 0. The van der Waals surface area contributed by atoms with Crippen LogP contribution >= 0.6 is 11.3 Å². The van der Waals surface area contributed by atoms with Gasteiger partial charge in [0.1, 0.15) is 5.75 Å². The van der Waals surface area contributed by atoms with Gasteiger partial charge >= 0.3 is 0 Å². The minimum atomic E-state index is 0.297. The number of thiazole rings is 1. The number of hydrogen-bond acceptors (Lipinski definition) is 9. The molecule has 0 aliphatic carbocycles. The quantitative estimate of drug-likeness (QED) is 0.426. The zero-order valence-corrected chi connectivity index (χ0v) is 20.0. The topological polar surface area (TPSA) is 99.8 Å². The molecule has 1 fully saturated rings. The normalized spacial score (nSPS) is 14.7. The van der Waals surface area contributed by atoms with E-state index in [0.29, 0.717) is 34.7 Å². The Bertz CT molecular complexity index is 1320. The molecular weight excluding hydrogens is 446 g/mol. The zero-order valence-electron chi connectivity index (χ0n) is 19.2. The second-order valence-electron chi connectivity index (χ2n) is 8.56. The number of hydrogen-bond donors (Lipinski definition) is 1. The van der Waals surface area contributed by atoms with Gasteiger partial charge in [0, 0.05) is 38.1 Å². The first-order valence-corrected chi connectivity index (χ1v) is 12.2. The van der Waals surface area contributed by atoms with Gasteiger partial charge in [0.05, 0.1) is 17.1 Å². The molecule has 1 aliphatic heterocycles. The van der Waals surface area contributed by atoms with Crippen molar-refractivity contribution in [3.05, 3.63) is 64.4 Å². The number of nitrogens with one attached hydrogen (secondary N) is 1. The number of pyridine rings is 1. The van der Waals surface area contributed by atoms with Crippen LogP contribution in [0.25, 0.3) is 10.3 Å². The minimum absolute atomic E-state index is 0.297. The molecule has 3 aromatic heterocycles. The van der Waals surface area contributed by atoms with Gasteiger partial charge in [0.2, 0.25) is 5.95 Å². The van der Waals surface area contributed by atoms with Crippen molar-refractivity contribution in [3.63, 3.8) is 0 Å². The number of ether oxygens (including phenoxy) is 1. The van der Waals surface area contributed by atoms with Crippen LogP contribution in [0.2, 0.25) is 0 Å². The minimum Gasteiger partial charge on any atom is -0.436 e. The Morgan fingerprint density at radius 1 is 1.15 bits per heavy atom. The summed E-state index contributed by atoms with van der Waals surface area (Å²) in [5, 5.41) is 12.7. The standard InChI is InChI=1S/C25H25N7OS/c1-16-11-19(13-26)12-17(2)22(16)33-23-21-24(34-15-28-21)31-25(30-23)29-20-5-9-32(10-6-20)14-18-3-7-27-8-4-18/h3-4,7-8,11-12,15,20H,5-6,9-10,14H2,1-2H3,(H,29,30,31). The van der Waals surface area contributed by atoms with Crippen molar-refractivity contribution >= 4 is 27.6 Å². The highest BCUT2D eigenvalue weighted by Gasteiger charge is 2.22. The number of piperidine rings is 1. The highest BCUT2D eigenvalue weighted by atomic mass is 32.1. The number of aromatic nitrogens is 4. The lowest BCUT2D eigenvalue weighted by Gasteiger charge is -2.32. The van der Waals surface area contributed by atoms with Gasteiger partial charge in [-0.2, -0.15) is 15.2 Å². The SMILES string of the molecule is Cc1cc(C#N)cc(C)c1Oc1nc(NC2CCN(Cc3ccncc3)CC2)nc2scnc12. The van der Waals surface area contributed by atoms with E-state index in [1.54, 1.807) is 5.51 Å². The molecule has 4 heterocycles. The molecule has 1 saturated heterocycles. The maximum atomic E-state index is 9.23. The van der Waals surface area contributed by atoms with E-state index in [-0.39, 0.29) is 0 Å². The third kappa shape index (κ3) is 4.83. The Labute approximate surface area is 202 Å². The van der Waals surface area contributed by atoms with Gasteiger partial charge in [-0.05, 0) is 67.6 Å². The van der Waals surface area contributed by atoms with Gasteiger partial charge in [0.15, 0.2) is 10.3 Å². The lowest BCUT2D eigenvalue weighted by molar-refractivity contribution is 0.211. The number of likely N-dealkylation sites (tertiary alicyclic amines) is 1. The van der Waals surface area contributed by atoms with E-state index >= 15 is 0 Å². The molecule has 8 nitrogen and oxygen atoms in total. The van der Waals surface area contributed by atoms with Crippen LogP contribution in [0, 0.1) is 25.2 Å². The number of rotatable bonds is 6. The van der Waals surface area contributed by atoms with Crippen molar-refractivity contribution in [2.24, 2.45) is 0 Å². The predicted octanol–water partition coefficient (Wildman–Crippen LogP) is 4.84. The molecule has 0 spiro atoms. The van der Waals surface area contributed by atoms with Gasteiger partial charge < -0.3 is 10.1 Å². The molecule has 0 unspecified atom stereocenters. The predicted molar refractivity (Wildman–Crippen MR) is 132 cm³/mol. The summed E-state index contributed by atoms with van der Waals surface area (Å²) in [6, 6.07) is 10.3. The number of nitriles is 1. The number of fused-ring (bicyclic) bond motifs is 1. The number of aryl methyl sites for hydroxylation is 2. The molecule has 0 radical (unpaired) electrons. The lowest BCUT2D eigenvalue weighted by atomic mass is 10.0. The summed E-state index contributed by atoms with van der Waals surface area (Å²) in [5.41, 5.74) is 6.07. The first-order valence-electron chi connectivity index (χ1n) is 11.3. The first kappa shape index (κ1) is 22.2. The molecule has 9 heteroatoms. The molecule has 1 aromatic carbocycles. The highest BCUT2D eigenvalue weighted by molar-refractivity contribution is 7.16. The number of anilines is 1. The third-order valence-electron chi connectivity index (χ3n) is 6.03. The molecule has 0 bridgehead atoms. The van der Waals surface area contributed by atoms with Crippen LogP contribution in [0.4, 0.5) is 5.95 Å². The van der Waals surface area contributed by atoms with Crippen molar-refractivity contribution < 1.29 is 4.74 Å². The molecule has 34 heavy (non-hydrogen) atoms. The molecule has 1 aliphatic rings. The Morgan fingerprint density at radius 3 is 2.59 bits per heavy atom. The molecule has 1 N–H and O–H groups in total. The third-order valence-corrected chi connectivity index (χ3v) is 6.75. The number of benzene rings is 1. The van der Waals surface area contributed by atoms with E-state index in [9.17, 15) is 5.26 Å². The smallest absolute Gasteiger partial charge is 0.252 e. The van der Waals surface area contributed by atoms with E-state index in [1.807, 2.05) is 38.4 Å². The van der Waals surface area contributed by atoms with Crippen LogP contribution in [-0.2, 0) is 6.54 Å².